The van der Waals surface area contributed by atoms with Gasteiger partial charge in [-0.25, -0.2) is 9.07 Å². The van der Waals surface area contributed by atoms with Crippen molar-refractivity contribution in [2.45, 2.75) is 31.5 Å². The zero-order valence-electron chi connectivity index (χ0n) is 10.9. The maximum atomic E-state index is 13.4. The SMILES string of the molecule is Nc1nc2n(n1)CCCC2c1cc(F)ccc1C(F)(F)F. The van der Waals surface area contributed by atoms with Crippen LogP contribution in [-0.4, -0.2) is 14.8 Å². The van der Waals surface area contributed by atoms with Gasteiger partial charge in [-0.3, -0.25) is 0 Å². The van der Waals surface area contributed by atoms with Gasteiger partial charge >= 0.3 is 6.18 Å². The van der Waals surface area contributed by atoms with Gasteiger partial charge in [-0.2, -0.15) is 18.2 Å². The molecule has 1 aliphatic rings. The molecule has 1 atom stereocenters. The molecule has 0 fully saturated rings. The van der Waals surface area contributed by atoms with Gasteiger partial charge in [0.15, 0.2) is 0 Å². The van der Waals surface area contributed by atoms with Crippen molar-refractivity contribution >= 4 is 5.95 Å². The molecule has 2 N–H and O–H groups in total. The van der Waals surface area contributed by atoms with Crippen LogP contribution in [0.5, 0.6) is 0 Å². The number of aryl methyl sites for hydroxylation is 1. The molecule has 1 aliphatic heterocycles. The molecule has 4 nitrogen and oxygen atoms in total. The minimum absolute atomic E-state index is 0.0156. The Bertz CT molecular complexity index is 677. The number of fused-ring (bicyclic) bond motifs is 1. The monoisotopic (exact) mass is 300 g/mol. The number of alkyl halides is 3. The van der Waals surface area contributed by atoms with Crippen LogP contribution in [0.2, 0.25) is 0 Å². The van der Waals surface area contributed by atoms with Crippen molar-refractivity contribution in [3.05, 3.63) is 41.0 Å². The van der Waals surface area contributed by atoms with E-state index in [0.29, 0.717) is 25.2 Å². The summed E-state index contributed by atoms with van der Waals surface area (Å²) in [4.78, 5) is 4.00. The number of nitrogens with zero attached hydrogens (tertiary/aromatic N) is 3. The summed E-state index contributed by atoms with van der Waals surface area (Å²) in [5, 5.41) is 3.95. The fraction of sp³-hybridized carbons (Fsp3) is 0.385. The number of hydrogen-bond acceptors (Lipinski definition) is 3. The van der Waals surface area contributed by atoms with E-state index < -0.39 is 23.5 Å². The number of rotatable bonds is 1. The summed E-state index contributed by atoms with van der Waals surface area (Å²) in [5.74, 6) is -0.991. The van der Waals surface area contributed by atoms with Crippen molar-refractivity contribution in [1.29, 1.82) is 0 Å². The van der Waals surface area contributed by atoms with Crippen molar-refractivity contribution in [3.63, 3.8) is 0 Å². The Hall–Kier alpha value is -2.12. The highest BCUT2D eigenvalue weighted by Gasteiger charge is 2.37. The molecular formula is C13H12F4N4. The average molecular weight is 300 g/mol. The van der Waals surface area contributed by atoms with Crippen LogP contribution < -0.4 is 5.73 Å². The second kappa shape index (κ2) is 4.71. The minimum Gasteiger partial charge on any atom is -0.366 e. The first-order valence-electron chi connectivity index (χ1n) is 6.43. The predicted molar refractivity (Wildman–Crippen MR) is 66.9 cm³/mol. The van der Waals surface area contributed by atoms with E-state index in [2.05, 4.69) is 10.1 Å². The molecule has 8 heteroatoms. The van der Waals surface area contributed by atoms with Crippen LogP contribution in [0, 0.1) is 5.82 Å². The summed E-state index contributed by atoms with van der Waals surface area (Å²) < 4.78 is 54.3. The third kappa shape index (κ3) is 2.45. The molecule has 0 spiro atoms. The molecule has 2 heterocycles. The van der Waals surface area contributed by atoms with Crippen molar-refractivity contribution in [2.75, 3.05) is 5.73 Å². The maximum absolute atomic E-state index is 13.4. The fourth-order valence-corrected chi connectivity index (χ4v) is 2.74. The minimum atomic E-state index is -4.54. The first kappa shape index (κ1) is 13.8. The summed E-state index contributed by atoms with van der Waals surface area (Å²) in [6, 6.07) is 2.51. The van der Waals surface area contributed by atoms with E-state index in [1.54, 1.807) is 0 Å². The molecular weight excluding hydrogens is 288 g/mol. The number of hydrogen-bond donors (Lipinski definition) is 1. The lowest BCUT2D eigenvalue weighted by Crippen LogP contribution is -2.21. The van der Waals surface area contributed by atoms with E-state index in [1.165, 1.54) is 4.68 Å². The highest BCUT2D eigenvalue weighted by molar-refractivity contribution is 5.38. The van der Waals surface area contributed by atoms with Gasteiger partial charge in [0, 0.05) is 12.5 Å². The van der Waals surface area contributed by atoms with Gasteiger partial charge in [-0.05, 0) is 36.6 Å². The van der Waals surface area contributed by atoms with Gasteiger partial charge in [0.25, 0.3) is 0 Å². The molecule has 1 unspecified atom stereocenters. The molecule has 0 radical (unpaired) electrons. The summed E-state index contributed by atoms with van der Waals surface area (Å²) in [6.45, 7) is 0.548. The normalized spacial score (nSPS) is 18.6. The molecule has 1 aromatic carbocycles. The van der Waals surface area contributed by atoms with Gasteiger partial charge in [0.1, 0.15) is 11.6 Å². The zero-order chi connectivity index (χ0) is 15.2. The van der Waals surface area contributed by atoms with Gasteiger partial charge < -0.3 is 5.73 Å². The summed E-state index contributed by atoms with van der Waals surface area (Å²) >= 11 is 0. The molecule has 0 aliphatic carbocycles. The van der Waals surface area contributed by atoms with Crippen molar-refractivity contribution in [3.8, 4) is 0 Å². The second-order valence-electron chi connectivity index (χ2n) is 4.98. The van der Waals surface area contributed by atoms with Crippen LogP contribution in [0.25, 0.3) is 0 Å². The van der Waals surface area contributed by atoms with E-state index in [4.69, 9.17) is 5.73 Å². The number of benzene rings is 1. The highest BCUT2D eigenvalue weighted by Crippen LogP contribution is 2.40. The Kier molecular flexibility index (Phi) is 3.11. The molecule has 2 aromatic rings. The standard InChI is InChI=1S/C13H12F4N4/c14-7-3-4-10(13(15,16)17)9(6-7)8-2-1-5-21-11(8)19-12(18)20-21/h3-4,6,8H,1-2,5H2,(H2,18,20). The lowest BCUT2D eigenvalue weighted by Gasteiger charge is -2.25. The number of aromatic nitrogens is 3. The Morgan fingerprint density at radius 2 is 2.05 bits per heavy atom. The zero-order valence-corrected chi connectivity index (χ0v) is 10.9. The predicted octanol–water partition coefficient (Wildman–Crippen LogP) is 2.94. The van der Waals surface area contributed by atoms with E-state index in [9.17, 15) is 17.6 Å². The smallest absolute Gasteiger partial charge is 0.366 e. The van der Waals surface area contributed by atoms with Gasteiger partial charge in [-0.15, -0.1) is 5.10 Å². The first-order chi connectivity index (χ1) is 9.86. The molecule has 0 bridgehead atoms. The number of nitrogens with two attached hydrogens (primary N) is 1. The van der Waals surface area contributed by atoms with E-state index in [0.717, 1.165) is 18.2 Å². The number of halogens is 4. The molecule has 0 amide bonds. The second-order valence-corrected chi connectivity index (χ2v) is 4.98. The highest BCUT2D eigenvalue weighted by atomic mass is 19.4. The number of anilines is 1. The van der Waals surface area contributed by atoms with Crippen molar-refractivity contribution in [2.24, 2.45) is 0 Å². The topological polar surface area (TPSA) is 56.7 Å². The van der Waals surface area contributed by atoms with E-state index >= 15 is 0 Å². The molecule has 21 heavy (non-hydrogen) atoms. The van der Waals surface area contributed by atoms with Crippen molar-refractivity contribution in [1.82, 2.24) is 14.8 Å². The van der Waals surface area contributed by atoms with Gasteiger partial charge in [0.2, 0.25) is 5.95 Å². The third-order valence-corrected chi connectivity index (χ3v) is 3.59. The van der Waals surface area contributed by atoms with Crippen LogP contribution in [0.15, 0.2) is 18.2 Å². The Morgan fingerprint density at radius 1 is 1.29 bits per heavy atom. The van der Waals surface area contributed by atoms with Gasteiger partial charge in [0.05, 0.1) is 5.56 Å². The largest absolute Gasteiger partial charge is 0.416 e. The summed E-state index contributed by atoms with van der Waals surface area (Å²) in [6.07, 6.45) is -3.46. The molecule has 0 saturated heterocycles. The van der Waals surface area contributed by atoms with Crippen LogP contribution in [0.4, 0.5) is 23.5 Å². The third-order valence-electron chi connectivity index (χ3n) is 3.59. The van der Waals surface area contributed by atoms with Gasteiger partial charge in [-0.1, -0.05) is 0 Å². The van der Waals surface area contributed by atoms with E-state index in [-0.39, 0.29) is 11.5 Å². The molecule has 112 valence electrons. The summed E-state index contributed by atoms with van der Waals surface area (Å²) in [5.41, 5.74) is 4.55. The van der Waals surface area contributed by atoms with E-state index in [1.807, 2.05) is 0 Å². The lowest BCUT2D eigenvalue weighted by molar-refractivity contribution is -0.138. The Morgan fingerprint density at radius 3 is 2.76 bits per heavy atom. The Balaban J connectivity index is 2.15. The summed E-state index contributed by atoms with van der Waals surface area (Å²) in [7, 11) is 0. The quantitative estimate of drug-likeness (QED) is 0.824. The first-order valence-corrected chi connectivity index (χ1v) is 6.43. The lowest BCUT2D eigenvalue weighted by atomic mass is 9.87. The van der Waals surface area contributed by atoms with Crippen LogP contribution in [0.1, 0.15) is 35.7 Å². The molecule has 1 aromatic heterocycles. The molecule has 0 saturated carbocycles. The Labute approximate surface area is 117 Å². The maximum Gasteiger partial charge on any atom is 0.416 e. The fourth-order valence-electron chi connectivity index (χ4n) is 2.74. The number of nitrogen functional groups attached to an aromatic ring is 1. The molecule has 3 rings (SSSR count). The average Bonchev–Trinajstić information content (AvgIpc) is 2.77. The van der Waals surface area contributed by atoms with Crippen LogP contribution >= 0.6 is 0 Å². The van der Waals surface area contributed by atoms with Crippen molar-refractivity contribution < 1.29 is 17.6 Å². The van der Waals surface area contributed by atoms with Crippen LogP contribution in [0.3, 0.4) is 0 Å². The van der Waals surface area contributed by atoms with Crippen LogP contribution in [-0.2, 0) is 12.7 Å².